The predicted molar refractivity (Wildman–Crippen MR) is 77.4 cm³/mol. The average molecular weight is 274 g/mol. The molecule has 0 rings (SSSR count). The van der Waals surface area contributed by atoms with Gasteiger partial charge in [0.1, 0.15) is 5.60 Å². The number of hydrogen-bond acceptors (Lipinski definition) is 4. The van der Waals surface area contributed by atoms with Crippen molar-refractivity contribution in [1.29, 1.82) is 0 Å². The number of rotatable bonds is 7. The molecule has 0 aliphatic heterocycles. The van der Waals surface area contributed by atoms with Crippen molar-refractivity contribution >= 4 is 6.09 Å². The van der Waals surface area contributed by atoms with Gasteiger partial charge in [0.05, 0.1) is 5.60 Å². The second-order valence-corrected chi connectivity index (χ2v) is 6.36. The smallest absolute Gasteiger partial charge is 0.407 e. The highest BCUT2D eigenvalue weighted by molar-refractivity contribution is 5.67. The van der Waals surface area contributed by atoms with E-state index in [2.05, 4.69) is 10.6 Å². The molecule has 2 N–H and O–H groups in total. The van der Waals surface area contributed by atoms with Gasteiger partial charge in [-0.25, -0.2) is 4.79 Å². The molecule has 0 saturated heterocycles. The SMILES string of the molecule is CCOC(C)(C)CNC(C)CNC(=O)OC(C)(C)C. The Bertz CT molecular complexity index is 272. The van der Waals surface area contributed by atoms with Crippen molar-refractivity contribution in [3.8, 4) is 0 Å². The van der Waals surface area contributed by atoms with Crippen LogP contribution in [0.3, 0.4) is 0 Å². The Labute approximate surface area is 117 Å². The Balaban J connectivity index is 3.87. The Morgan fingerprint density at radius 3 is 2.26 bits per heavy atom. The Morgan fingerprint density at radius 2 is 1.79 bits per heavy atom. The van der Waals surface area contributed by atoms with Crippen molar-refractivity contribution < 1.29 is 14.3 Å². The van der Waals surface area contributed by atoms with Gasteiger partial charge in [-0.1, -0.05) is 0 Å². The van der Waals surface area contributed by atoms with Gasteiger partial charge < -0.3 is 20.1 Å². The molecule has 0 saturated carbocycles. The zero-order valence-electron chi connectivity index (χ0n) is 13.4. The lowest BCUT2D eigenvalue weighted by Crippen LogP contribution is -2.46. The normalized spacial score (nSPS) is 14.1. The largest absolute Gasteiger partial charge is 0.444 e. The van der Waals surface area contributed by atoms with Gasteiger partial charge in [0.25, 0.3) is 0 Å². The standard InChI is InChI=1S/C14H30N2O3/c1-8-18-14(6,7)10-16-11(2)9-15-12(17)19-13(3,4)5/h11,16H,8-10H2,1-7H3,(H,15,17). The fourth-order valence-electron chi connectivity index (χ4n) is 1.48. The van der Waals surface area contributed by atoms with Crippen molar-refractivity contribution in [2.24, 2.45) is 0 Å². The monoisotopic (exact) mass is 274 g/mol. The summed E-state index contributed by atoms with van der Waals surface area (Å²) in [4.78, 5) is 11.5. The minimum absolute atomic E-state index is 0.159. The maximum Gasteiger partial charge on any atom is 0.407 e. The topological polar surface area (TPSA) is 59.6 Å². The number of ether oxygens (including phenoxy) is 2. The third-order valence-electron chi connectivity index (χ3n) is 2.36. The van der Waals surface area contributed by atoms with E-state index in [1.165, 1.54) is 0 Å². The van der Waals surface area contributed by atoms with Crippen LogP contribution < -0.4 is 10.6 Å². The lowest BCUT2D eigenvalue weighted by Gasteiger charge is -2.27. The highest BCUT2D eigenvalue weighted by Gasteiger charge is 2.19. The van der Waals surface area contributed by atoms with Crippen LogP contribution in [-0.2, 0) is 9.47 Å². The van der Waals surface area contributed by atoms with E-state index in [9.17, 15) is 4.79 Å². The number of hydrogen-bond donors (Lipinski definition) is 2. The first-order valence-corrected chi connectivity index (χ1v) is 6.90. The van der Waals surface area contributed by atoms with Gasteiger partial charge in [-0.2, -0.15) is 0 Å². The molecule has 1 amide bonds. The Hall–Kier alpha value is -0.810. The van der Waals surface area contributed by atoms with E-state index in [4.69, 9.17) is 9.47 Å². The van der Waals surface area contributed by atoms with Gasteiger partial charge in [-0.15, -0.1) is 0 Å². The zero-order valence-corrected chi connectivity index (χ0v) is 13.4. The van der Waals surface area contributed by atoms with Gasteiger partial charge in [-0.05, 0) is 48.5 Å². The number of nitrogens with one attached hydrogen (secondary N) is 2. The molecule has 0 aliphatic rings. The molecular formula is C14H30N2O3. The summed E-state index contributed by atoms with van der Waals surface area (Å²) in [5, 5.41) is 6.07. The zero-order chi connectivity index (χ0) is 15.1. The molecule has 0 aliphatic carbocycles. The number of amides is 1. The van der Waals surface area contributed by atoms with E-state index < -0.39 is 5.60 Å². The Morgan fingerprint density at radius 1 is 1.21 bits per heavy atom. The summed E-state index contributed by atoms with van der Waals surface area (Å²) in [7, 11) is 0. The van der Waals surface area contributed by atoms with Crippen molar-refractivity contribution in [2.45, 2.75) is 65.7 Å². The van der Waals surface area contributed by atoms with E-state index in [0.717, 1.165) is 6.54 Å². The molecule has 19 heavy (non-hydrogen) atoms. The molecule has 0 aromatic rings. The number of carbonyl (C=O) groups is 1. The second-order valence-electron chi connectivity index (χ2n) is 6.36. The predicted octanol–water partition coefficient (Wildman–Crippen LogP) is 2.30. The first-order valence-electron chi connectivity index (χ1n) is 6.90. The Kier molecular flexibility index (Phi) is 7.37. The van der Waals surface area contributed by atoms with E-state index >= 15 is 0 Å². The molecule has 1 unspecified atom stereocenters. The lowest BCUT2D eigenvalue weighted by atomic mass is 10.1. The van der Waals surface area contributed by atoms with Crippen molar-refractivity contribution in [1.82, 2.24) is 10.6 Å². The van der Waals surface area contributed by atoms with Crippen LogP contribution in [0, 0.1) is 0 Å². The molecule has 0 bridgehead atoms. The summed E-state index contributed by atoms with van der Waals surface area (Å²) in [5.74, 6) is 0. The number of alkyl carbamates (subject to hydrolysis) is 1. The van der Waals surface area contributed by atoms with Gasteiger partial charge in [0.2, 0.25) is 0 Å². The fourth-order valence-corrected chi connectivity index (χ4v) is 1.48. The molecule has 5 heteroatoms. The summed E-state index contributed by atoms with van der Waals surface area (Å²) in [6, 6.07) is 0.159. The third kappa shape index (κ3) is 10.8. The van der Waals surface area contributed by atoms with Crippen LogP contribution in [0.4, 0.5) is 4.79 Å². The van der Waals surface area contributed by atoms with Crippen molar-refractivity contribution in [3.05, 3.63) is 0 Å². The van der Waals surface area contributed by atoms with Crippen LogP contribution in [0.2, 0.25) is 0 Å². The molecule has 0 aromatic carbocycles. The van der Waals surface area contributed by atoms with Gasteiger partial charge in [0, 0.05) is 25.7 Å². The van der Waals surface area contributed by atoms with Crippen LogP contribution in [-0.4, -0.2) is 43.0 Å². The highest BCUT2D eigenvalue weighted by Crippen LogP contribution is 2.07. The van der Waals surface area contributed by atoms with Crippen molar-refractivity contribution in [2.75, 3.05) is 19.7 Å². The highest BCUT2D eigenvalue weighted by atomic mass is 16.6. The quantitative estimate of drug-likeness (QED) is 0.748. The first-order chi connectivity index (χ1) is 8.56. The minimum atomic E-state index is -0.461. The lowest BCUT2D eigenvalue weighted by molar-refractivity contribution is -0.0102. The van der Waals surface area contributed by atoms with Crippen LogP contribution >= 0.6 is 0 Å². The second kappa shape index (κ2) is 7.70. The maximum atomic E-state index is 11.5. The fraction of sp³-hybridized carbons (Fsp3) is 0.929. The third-order valence-corrected chi connectivity index (χ3v) is 2.36. The van der Waals surface area contributed by atoms with Crippen LogP contribution in [0.25, 0.3) is 0 Å². The molecule has 0 spiro atoms. The minimum Gasteiger partial charge on any atom is -0.444 e. The molecule has 0 heterocycles. The molecule has 1 atom stereocenters. The summed E-state index contributed by atoms with van der Waals surface area (Å²) in [6.07, 6.45) is -0.384. The van der Waals surface area contributed by atoms with Crippen LogP contribution in [0.1, 0.15) is 48.5 Å². The average Bonchev–Trinajstić information content (AvgIpc) is 2.21. The summed E-state index contributed by atoms with van der Waals surface area (Å²) in [5.41, 5.74) is -0.660. The number of carbonyl (C=O) groups excluding carboxylic acids is 1. The van der Waals surface area contributed by atoms with E-state index in [-0.39, 0.29) is 17.7 Å². The molecule has 114 valence electrons. The maximum absolute atomic E-state index is 11.5. The van der Waals surface area contributed by atoms with Gasteiger partial charge in [0.15, 0.2) is 0 Å². The van der Waals surface area contributed by atoms with E-state index in [0.29, 0.717) is 13.2 Å². The molecule has 0 fully saturated rings. The van der Waals surface area contributed by atoms with Crippen LogP contribution in [0.15, 0.2) is 0 Å². The summed E-state index contributed by atoms with van der Waals surface area (Å²) < 4.78 is 10.8. The molecule has 5 nitrogen and oxygen atoms in total. The summed E-state index contributed by atoms with van der Waals surface area (Å²) in [6.45, 7) is 15.6. The van der Waals surface area contributed by atoms with E-state index in [1.807, 2.05) is 48.5 Å². The first kappa shape index (κ1) is 18.2. The van der Waals surface area contributed by atoms with Gasteiger partial charge in [-0.3, -0.25) is 0 Å². The molecule has 0 radical (unpaired) electrons. The molecular weight excluding hydrogens is 244 g/mol. The van der Waals surface area contributed by atoms with Crippen molar-refractivity contribution in [3.63, 3.8) is 0 Å². The van der Waals surface area contributed by atoms with Crippen LogP contribution in [0.5, 0.6) is 0 Å². The summed E-state index contributed by atoms with van der Waals surface area (Å²) >= 11 is 0. The molecule has 0 aromatic heterocycles. The van der Waals surface area contributed by atoms with E-state index in [1.54, 1.807) is 0 Å². The van der Waals surface area contributed by atoms with Gasteiger partial charge >= 0.3 is 6.09 Å².